The summed E-state index contributed by atoms with van der Waals surface area (Å²) in [5, 5.41) is 8.72. The fourth-order valence-corrected chi connectivity index (χ4v) is 2.47. The van der Waals surface area contributed by atoms with Crippen molar-refractivity contribution < 1.29 is 28.4 Å². The van der Waals surface area contributed by atoms with Crippen LogP contribution in [0.1, 0.15) is 36.8 Å². The van der Waals surface area contributed by atoms with E-state index in [1.165, 1.54) is 6.07 Å². The maximum absolute atomic E-state index is 12.6. The zero-order valence-corrected chi connectivity index (χ0v) is 16.9. The number of benzene rings is 1. The second-order valence-corrected chi connectivity index (χ2v) is 6.61. The number of nitrogens with one attached hydrogen (secondary N) is 2. The molecule has 2 amide bonds. The van der Waals surface area contributed by atoms with E-state index in [2.05, 4.69) is 15.8 Å². The number of carbonyl (C=O) groups excluding carboxylic acids is 3. The van der Waals surface area contributed by atoms with Gasteiger partial charge in [0.25, 0.3) is 11.8 Å². The number of anilines is 1. The molecule has 9 heteroatoms. The first-order valence-electron chi connectivity index (χ1n) is 9.24. The number of carbonyl (C=O) groups is 3. The summed E-state index contributed by atoms with van der Waals surface area (Å²) in [7, 11) is 0. The Kier molecular flexibility index (Phi) is 7.76. The Morgan fingerprint density at radius 2 is 1.93 bits per heavy atom. The molecule has 0 saturated heterocycles. The Balaban J connectivity index is 1.97. The van der Waals surface area contributed by atoms with Gasteiger partial charge in [-0.15, -0.1) is 0 Å². The van der Waals surface area contributed by atoms with Crippen molar-refractivity contribution in [1.82, 2.24) is 10.5 Å². The Morgan fingerprint density at radius 3 is 2.55 bits per heavy atom. The van der Waals surface area contributed by atoms with Crippen LogP contribution in [0.5, 0.6) is 5.75 Å². The minimum atomic E-state index is -0.933. The maximum Gasteiger partial charge on any atom is 0.329 e. The first kappa shape index (κ1) is 21.9. The summed E-state index contributed by atoms with van der Waals surface area (Å²) in [6.45, 7) is 6.93. The Morgan fingerprint density at radius 1 is 1.21 bits per heavy atom. The van der Waals surface area contributed by atoms with E-state index in [-0.39, 0.29) is 11.8 Å². The lowest BCUT2D eigenvalue weighted by Crippen LogP contribution is -2.46. The molecule has 0 radical (unpaired) electrons. The molecular weight excluding hydrogens is 378 g/mol. The highest BCUT2D eigenvalue weighted by molar-refractivity contribution is 5.99. The average molecular weight is 403 g/mol. The van der Waals surface area contributed by atoms with E-state index in [1.54, 1.807) is 45.0 Å². The van der Waals surface area contributed by atoms with E-state index < -0.39 is 30.4 Å². The summed E-state index contributed by atoms with van der Waals surface area (Å²) in [4.78, 5) is 37.0. The SMILES string of the molecule is CCOc1ccccc1C(=O)N[C@H](C(=O)OCC(=O)Nc1cc(C)no1)C(C)C. The highest BCUT2D eigenvalue weighted by atomic mass is 16.5. The van der Waals surface area contributed by atoms with Crippen molar-refractivity contribution in [3.8, 4) is 5.75 Å². The van der Waals surface area contributed by atoms with Crippen LogP contribution in [0.2, 0.25) is 0 Å². The van der Waals surface area contributed by atoms with Crippen LogP contribution in [0.4, 0.5) is 5.88 Å². The molecule has 29 heavy (non-hydrogen) atoms. The third kappa shape index (κ3) is 6.34. The number of aryl methyl sites for hydroxylation is 1. The van der Waals surface area contributed by atoms with E-state index >= 15 is 0 Å². The second kappa shape index (κ2) is 10.3. The van der Waals surface area contributed by atoms with E-state index in [0.29, 0.717) is 23.6 Å². The lowest BCUT2D eigenvalue weighted by atomic mass is 10.0. The van der Waals surface area contributed by atoms with Crippen LogP contribution in [0.15, 0.2) is 34.9 Å². The predicted molar refractivity (Wildman–Crippen MR) is 105 cm³/mol. The number of rotatable bonds is 9. The van der Waals surface area contributed by atoms with Gasteiger partial charge in [-0.05, 0) is 31.9 Å². The Hall–Kier alpha value is -3.36. The van der Waals surface area contributed by atoms with Crippen molar-refractivity contribution in [3.05, 3.63) is 41.6 Å². The monoisotopic (exact) mass is 403 g/mol. The number of hydrogen-bond acceptors (Lipinski definition) is 7. The van der Waals surface area contributed by atoms with Crippen LogP contribution in [0.25, 0.3) is 0 Å². The van der Waals surface area contributed by atoms with Gasteiger partial charge in [0.2, 0.25) is 5.88 Å². The van der Waals surface area contributed by atoms with Crippen LogP contribution >= 0.6 is 0 Å². The van der Waals surface area contributed by atoms with Crippen molar-refractivity contribution >= 4 is 23.7 Å². The molecule has 2 rings (SSSR count). The molecule has 0 bridgehead atoms. The smallest absolute Gasteiger partial charge is 0.329 e. The van der Waals surface area contributed by atoms with Crippen LogP contribution in [0, 0.1) is 12.8 Å². The minimum Gasteiger partial charge on any atom is -0.493 e. The molecule has 0 aliphatic carbocycles. The van der Waals surface area contributed by atoms with Gasteiger partial charge < -0.3 is 19.3 Å². The van der Waals surface area contributed by atoms with Crippen LogP contribution < -0.4 is 15.4 Å². The molecule has 1 aromatic carbocycles. The van der Waals surface area contributed by atoms with Crippen LogP contribution in [0.3, 0.4) is 0 Å². The van der Waals surface area contributed by atoms with Crippen molar-refractivity contribution in [2.75, 3.05) is 18.5 Å². The summed E-state index contributed by atoms with van der Waals surface area (Å²) < 4.78 is 15.4. The normalized spacial score (nSPS) is 11.6. The highest BCUT2D eigenvalue weighted by Crippen LogP contribution is 2.18. The summed E-state index contributed by atoms with van der Waals surface area (Å²) in [5.41, 5.74) is 0.915. The molecule has 1 atom stereocenters. The molecule has 2 aromatic rings. The molecule has 0 aliphatic heterocycles. The predicted octanol–water partition coefficient (Wildman–Crippen LogP) is 2.32. The Labute approximate surface area is 168 Å². The van der Waals surface area contributed by atoms with Gasteiger partial charge in [0, 0.05) is 6.07 Å². The zero-order chi connectivity index (χ0) is 21.4. The van der Waals surface area contributed by atoms with Crippen molar-refractivity contribution in [2.45, 2.75) is 33.7 Å². The second-order valence-electron chi connectivity index (χ2n) is 6.61. The fraction of sp³-hybridized carbons (Fsp3) is 0.400. The maximum atomic E-state index is 12.6. The highest BCUT2D eigenvalue weighted by Gasteiger charge is 2.27. The van der Waals surface area contributed by atoms with Gasteiger partial charge >= 0.3 is 5.97 Å². The number of amides is 2. The van der Waals surface area contributed by atoms with Gasteiger partial charge in [0.1, 0.15) is 11.8 Å². The lowest BCUT2D eigenvalue weighted by Gasteiger charge is -2.21. The van der Waals surface area contributed by atoms with Crippen molar-refractivity contribution in [1.29, 1.82) is 0 Å². The number of nitrogens with zero attached hydrogens (tertiary/aromatic N) is 1. The number of para-hydroxylation sites is 1. The first-order valence-corrected chi connectivity index (χ1v) is 9.24. The summed E-state index contributed by atoms with van der Waals surface area (Å²) >= 11 is 0. The molecular formula is C20H25N3O6. The summed E-state index contributed by atoms with van der Waals surface area (Å²) in [6.07, 6.45) is 0. The molecule has 0 aliphatic rings. The molecule has 9 nitrogen and oxygen atoms in total. The summed E-state index contributed by atoms with van der Waals surface area (Å²) in [5.74, 6) is -1.44. The van der Waals surface area contributed by atoms with Crippen LogP contribution in [-0.2, 0) is 14.3 Å². The number of ether oxygens (including phenoxy) is 2. The third-order valence-electron chi connectivity index (χ3n) is 3.87. The standard InChI is InChI=1S/C20H25N3O6/c1-5-27-15-9-7-6-8-14(15)19(25)22-18(12(2)3)20(26)28-11-16(24)21-17-10-13(4)23-29-17/h6-10,12,18H,5,11H2,1-4H3,(H,21,24)(H,22,25)/t18-/m0/s1. The van der Waals surface area contributed by atoms with Crippen molar-refractivity contribution in [2.24, 2.45) is 5.92 Å². The minimum absolute atomic E-state index is 0.157. The summed E-state index contributed by atoms with van der Waals surface area (Å²) in [6, 6.07) is 7.34. The fourth-order valence-electron chi connectivity index (χ4n) is 2.47. The lowest BCUT2D eigenvalue weighted by molar-refractivity contribution is -0.150. The van der Waals surface area contributed by atoms with Gasteiger partial charge in [-0.2, -0.15) is 0 Å². The molecule has 0 fully saturated rings. The van der Waals surface area contributed by atoms with Gasteiger partial charge in [-0.25, -0.2) is 4.79 Å². The molecule has 2 N–H and O–H groups in total. The number of esters is 1. The van der Waals surface area contributed by atoms with Gasteiger partial charge in [-0.1, -0.05) is 31.1 Å². The van der Waals surface area contributed by atoms with Gasteiger partial charge in [-0.3, -0.25) is 14.9 Å². The molecule has 1 heterocycles. The Bertz CT molecular complexity index is 861. The van der Waals surface area contributed by atoms with E-state index in [4.69, 9.17) is 14.0 Å². The topological polar surface area (TPSA) is 120 Å². The van der Waals surface area contributed by atoms with Crippen LogP contribution in [-0.4, -0.2) is 42.2 Å². The third-order valence-corrected chi connectivity index (χ3v) is 3.87. The molecule has 0 unspecified atom stereocenters. The van der Waals surface area contributed by atoms with Gasteiger partial charge in [0.15, 0.2) is 6.61 Å². The first-order chi connectivity index (χ1) is 13.8. The molecule has 1 aromatic heterocycles. The largest absolute Gasteiger partial charge is 0.493 e. The number of aromatic nitrogens is 1. The average Bonchev–Trinajstić information content (AvgIpc) is 3.09. The molecule has 156 valence electrons. The van der Waals surface area contributed by atoms with E-state index in [9.17, 15) is 14.4 Å². The molecule has 0 saturated carbocycles. The van der Waals surface area contributed by atoms with Crippen molar-refractivity contribution in [3.63, 3.8) is 0 Å². The molecule has 0 spiro atoms. The van der Waals surface area contributed by atoms with E-state index in [0.717, 1.165) is 0 Å². The quantitative estimate of drug-likeness (QED) is 0.617. The van der Waals surface area contributed by atoms with E-state index in [1.807, 2.05) is 6.92 Å². The van der Waals surface area contributed by atoms with Gasteiger partial charge in [0.05, 0.1) is 17.9 Å². The number of hydrogen-bond donors (Lipinski definition) is 2. The zero-order valence-electron chi connectivity index (χ0n) is 16.9.